The van der Waals surface area contributed by atoms with Gasteiger partial charge in [-0.3, -0.25) is 4.68 Å². The van der Waals surface area contributed by atoms with Gasteiger partial charge in [0.15, 0.2) is 0 Å². The molecule has 0 saturated carbocycles. The second kappa shape index (κ2) is 10.9. The first-order valence-electron chi connectivity index (χ1n) is 9.97. The summed E-state index contributed by atoms with van der Waals surface area (Å²) in [6.45, 7) is 0.930. The smallest absolute Gasteiger partial charge is 0.319 e. The zero-order valence-electron chi connectivity index (χ0n) is 17.3. The highest BCUT2D eigenvalue weighted by Crippen LogP contribution is 2.23. The van der Waals surface area contributed by atoms with E-state index in [-0.39, 0.29) is 24.8 Å². The molecule has 3 N–H and O–H groups in total. The van der Waals surface area contributed by atoms with E-state index in [1.807, 2.05) is 6.20 Å². The zero-order chi connectivity index (χ0) is 21.3. The minimum absolute atomic E-state index is 0.0140. The van der Waals surface area contributed by atoms with Gasteiger partial charge in [-0.05, 0) is 43.5 Å². The van der Waals surface area contributed by atoms with Crippen LogP contribution in [-0.4, -0.2) is 65.2 Å². The van der Waals surface area contributed by atoms with Crippen molar-refractivity contribution in [3.05, 3.63) is 36.2 Å². The molecule has 2 aromatic rings. The van der Waals surface area contributed by atoms with Crippen molar-refractivity contribution in [2.45, 2.75) is 50.7 Å². The van der Waals surface area contributed by atoms with Gasteiger partial charge in [0.25, 0.3) is 0 Å². The van der Waals surface area contributed by atoms with E-state index in [9.17, 15) is 9.90 Å². The van der Waals surface area contributed by atoms with E-state index < -0.39 is 6.10 Å². The molecule has 0 spiro atoms. The van der Waals surface area contributed by atoms with Crippen LogP contribution in [0, 0.1) is 0 Å². The molecule has 1 aromatic carbocycles. The third-order valence-electron chi connectivity index (χ3n) is 5.02. The van der Waals surface area contributed by atoms with E-state index in [0.29, 0.717) is 24.6 Å². The van der Waals surface area contributed by atoms with Crippen LogP contribution in [-0.2, 0) is 22.6 Å². The first-order valence-corrected chi connectivity index (χ1v) is 9.97. The maximum Gasteiger partial charge on any atom is 0.319 e. The lowest BCUT2D eigenvalue weighted by atomic mass is 9.97. The normalized spacial score (nSPS) is 21.2. The van der Waals surface area contributed by atoms with Crippen molar-refractivity contribution in [1.82, 2.24) is 20.3 Å². The van der Waals surface area contributed by atoms with Crippen LogP contribution in [0.1, 0.15) is 25.0 Å². The quantitative estimate of drug-likeness (QED) is 0.564. The molecule has 10 heteroatoms. The van der Waals surface area contributed by atoms with Gasteiger partial charge in [0.2, 0.25) is 0 Å². The van der Waals surface area contributed by atoms with Crippen molar-refractivity contribution < 1.29 is 24.1 Å². The molecular weight excluding hydrogens is 390 g/mol. The summed E-state index contributed by atoms with van der Waals surface area (Å²) in [6, 6.07) is 6.47. The molecular formula is C20H29N5O5. The first kappa shape index (κ1) is 22.0. The Balaban J connectivity index is 1.45. The fourth-order valence-electron chi connectivity index (χ4n) is 3.46. The Labute approximate surface area is 175 Å². The van der Waals surface area contributed by atoms with Gasteiger partial charge in [0.05, 0.1) is 38.7 Å². The molecule has 1 aliphatic rings. The number of carbonyl (C=O) groups is 1. The number of hydrogen-bond donors (Lipinski definition) is 3. The largest absolute Gasteiger partial charge is 0.497 e. The van der Waals surface area contributed by atoms with E-state index in [2.05, 4.69) is 20.9 Å². The molecule has 0 unspecified atom stereocenters. The summed E-state index contributed by atoms with van der Waals surface area (Å²) < 4.78 is 17.9. The minimum Gasteiger partial charge on any atom is -0.497 e. The third-order valence-corrected chi connectivity index (χ3v) is 5.02. The summed E-state index contributed by atoms with van der Waals surface area (Å²) in [6.07, 6.45) is 3.63. The molecule has 30 heavy (non-hydrogen) atoms. The molecule has 10 nitrogen and oxygen atoms in total. The average Bonchev–Trinajstić information content (AvgIpc) is 3.21. The van der Waals surface area contributed by atoms with Crippen LogP contribution >= 0.6 is 0 Å². The van der Waals surface area contributed by atoms with Gasteiger partial charge >= 0.3 is 6.03 Å². The standard InChI is InChI=1S/C20H29N5O5/c1-28-13-15-11-25(24-23-15)10-9-17-7-8-18(19(12-26)30-17)22-20(27)21-14-3-5-16(29-2)6-4-14/h3-6,11,17-19,26H,7-10,12-13H2,1-2H3,(H2,21,22,27)/t17-,18+,19-/m1/s1. The van der Waals surface area contributed by atoms with Gasteiger partial charge in [-0.2, -0.15) is 0 Å². The molecule has 2 amide bonds. The lowest BCUT2D eigenvalue weighted by Gasteiger charge is -2.36. The number of nitrogens with one attached hydrogen (secondary N) is 2. The van der Waals surface area contributed by atoms with Gasteiger partial charge < -0.3 is 30.0 Å². The Bertz CT molecular complexity index is 797. The number of benzene rings is 1. The van der Waals surface area contributed by atoms with Crippen LogP contribution in [0.15, 0.2) is 30.5 Å². The number of urea groups is 1. The second-order valence-electron chi connectivity index (χ2n) is 7.18. The van der Waals surface area contributed by atoms with Crippen molar-refractivity contribution in [3.63, 3.8) is 0 Å². The summed E-state index contributed by atoms with van der Waals surface area (Å²) in [7, 11) is 3.21. The van der Waals surface area contributed by atoms with Crippen molar-refractivity contribution in [3.8, 4) is 5.75 Å². The molecule has 164 valence electrons. The SMILES string of the molecule is COCc1cn(CC[C@H]2CC[C@H](NC(=O)Nc3ccc(OC)cc3)[C@@H](CO)O2)nn1. The monoisotopic (exact) mass is 419 g/mol. The number of ether oxygens (including phenoxy) is 3. The highest BCUT2D eigenvalue weighted by atomic mass is 16.5. The summed E-state index contributed by atoms with van der Waals surface area (Å²) in [4.78, 5) is 12.3. The fourth-order valence-corrected chi connectivity index (χ4v) is 3.46. The molecule has 3 rings (SSSR count). The minimum atomic E-state index is -0.454. The molecule has 0 radical (unpaired) electrons. The topological polar surface area (TPSA) is 120 Å². The molecule has 0 bridgehead atoms. The predicted octanol–water partition coefficient (Wildman–Crippen LogP) is 1.55. The average molecular weight is 419 g/mol. The van der Waals surface area contributed by atoms with E-state index in [1.54, 1.807) is 43.2 Å². The number of hydrogen-bond acceptors (Lipinski definition) is 7. The number of amides is 2. The highest BCUT2D eigenvalue weighted by Gasteiger charge is 2.31. The van der Waals surface area contributed by atoms with Crippen molar-refractivity contribution in [2.75, 3.05) is 26.1 Å². The zero-order valence-corrected chi connectivity index (χ0v) is 17.3. The molecule has 2 heterocycles. The van der Waals surface area contributed by atoms with Crippen LogP contribution in [0.3, 0.4) is 0 Å². The van der Waals surface area contributed by atoms with Crippen LogP contribution in [0.4, 0.5) is 10.5 Å². The number of rotatable bonds is 9. The molecule has 0 aliphatic carbocycles. The number of nitrogens with zero attached hydrogens (tertiary/aromatic N) is 3. The molecule has 1 aromatic heterocycles. The number of carbonyl (C=O) groups excluding carboxylic acids is 1. The Morgan fingerprint density at radius 1 is 1.30 bits per heavy atom. The Morgan fingerprint density at radius 2 is 2.10 bits per heavy atom. The first-order chi connectivity index (χ1) is 14.6. The lowest BCUT2D eigenvalue weighted by Crippen LogP contribution is -2.52. The predicted molar refractivity (Wildman–Crippen MR) is 109 cm³/mol. The van der Waals surface area contributed by atoms with Crippen LogP contribution in [0.25, 0.3) is 0 Å². The summed E-state index contributed by atoms with van der Waals surface area (Å²) in [5.41, 5.74) is 1.44. The van der Waals surface area contributed by atoms with Crippen molar-refractivity contribution >= 4 is 11.7 Å². The maximum atomic E-state index is 12.3. The second-order valence-corrected chi connectivity index (χ2v) is 7.18. The van der Waals surface area contributed by atoms with Gasteiger partial charge in [0, 0.05) is 19.3 Å². The molecule has 1 saturated heterocycles. The Kier molecular flexibility index (Phi) is 8.00. The molecule has 3 atom stereocenters. The molecule has 1 aliphatic heterocycles. The van der Waals surface area contributed by atoms with Gasteiger partial charge in [-0.1, -0.05) is 5.21 Å². The number of aliphatic hydroxyl groups is 1. The number of anilines is 1. The third kappa shape index (κ3) is 6.15. The van der Waals surface area contributed by atoms with Crippen LogP contribution in [0.5, 0.6) is 5.75 Å². The Morgan fingerprint density at radius 3 is 2.80 bits per heavy atom. The Hall–Kier alpha value is -2.69. The summed E-state index contributed by atoms with van der Waals surface area (Å²) >= 11 is 0. The van der Waals surface area contributed by atoms with Crippen LogP contribution < -0.4 is 15.4 Å². The van der Waals surface area contributed by atoms with Gasteiger partial charge in [-0.25, -0.2) is 4.79 Å². The molecule has 1 fully saturated rings. The van der Waals surface area contributed by atoms with Crippen molar-refractivity contribution in [1.29, 1.82) is 0 Å². The number of aliphatic hydroxyl groups excluding tert-OH is 1. The maximum absolute atomic E-state index is 12.3. The summed E-state index contributed by atoms with van der Waals surface area (Å²) in [5.74, 6) is 0.717. The highest BCUT2D eigenvalue weighted by molar-refractivity contribution is 5.89. The lowest BCUT2D eigenvalue weighted by molar-refractivity contribution is -0.0905. The van der Waals surface area contributed by atoms with Crippen LogP contribution in [0.2, 0.25) is 0 Å². The van der Waals surface area contributed by atoms with Crippen molar-refractivity contribution in [2.24, 2.45) is 0 Å². The van der Waals surface area contributed by atoms with E-state index >= 15 is 0 Å². The van der Waals surface area contributed by atoms with E-state index in [4.69, 9.17) is 14.2 Å². The number of aryl methyl sites for hydroxylation is 1. The number of aromatic nitrogens is 3. The summed E-state index contributed by atoms with van der Waals surface area (Å²) in [5, 5.41) is 23.5. The number of methoxy groups -OCH3 is 2. The van der Waals surface area contributed by atoms with E-state index in [0.717, 1.165) is 25.0 Å². The van der Waals surface area contributed by atoms with E-state index in [1.165, 1.54) is 0 Å². The van der Waals surface area contributed by atoms with Gasteiger partial charge in [0.1, 0.15) is 17.5 Å². The van der Waals surface area contributed by atoms with Gasteiger partial charge in [-0.15, -0.1) is 5.10 Å². The fraction of sp³-hybridized carbons (Fsp3) is 0.550.